The van der Waals surface area contributed by atoms with Crippen LogP contribution in [0.15, 0.2) is 0 Å². The van der Waals surface area contributed by atoms with Crippen molar-refractivity contribution in [3.8, 4) is 0 Å². The molecule has 0 N–H and O–H groups in total. The molecule has 2 heterocycles. The van der Waals surface area contributed by atoms with E-state index in [-0.39, 0.29) is 30.6 Å². The molecule has 0 aromatic heterocycles. The molecule has 0 saturated carbocycles. The fourth-order valence-corrected chi connectivity index (χ4v) is 5.04. The zero-order chi connectivity index (χ0) is 16.5. The molecule has 2 aliphatic rings. The number of fused-ring (bicyclic) bond motifs is 1. The van der Waals surface area contributed by atoms with Crippen LogP contribution in [-0.2, 0) is 19.4 Å². The Morgan fingerprint density at radius 2 is 1.68 bits per heavy atom. The molecule has 2 aliphatic heterocycles. The predicted octanol–water partition coefficient (Wildman–Crippen LogP) is -0.986. The molecule has 2 saturated heterocycles. The molecule has 9 heteroatoms. The fraction of sp³-hybridized carbons (Fsp3) is 0.846. The van der Waals surface area contributed by atoms with E-state index >= 15 is 0 Å². The zero-order valence-corrected chi connectivity index (χ0v) is 14.0. The Morgan fingerprint density at radius 1 is 1.14 bits per heavy atom. The zero-order valence-electron chi connectivity index (χ0n) is 13.2. The van der Waals surface area contributed by atoms with Crippen molar-refractivity contribution in [1.29, 1.82) is 0 Å². The molecule has 0 aromatic carbocycles. The van der Waals surface area contributed by atoms with Gasteiger partial charge >= 0.3 is 6.09 Å². The van der Waals surface area contributed by atoms with E-state index in [0.717, 1.165) is 0 Å². The van der Waals surface area contributed by atoms with Crippen LogP contribution in [-0.4, -0.2) is 99.0 Å². The number of carbonyl (C=O) groups is 2. The summed E-state index contributed by atoms with van der Waals surface area (Å²) in [6.07, 6.45) is -0.505. The third-order valence-corrected chi connectivity index (χ3v) is 5.65. The number of amides is 2. The van der Waals surface area contributed by atoms with Gasteiger partial charge < -0.3 is 19.4 Å². The number of ether oxygens (including phenoxy) is 1. The summed E-state index contributed by atoms with van der Waals surface area (Å²) >= 11 is 0. The predicted molar refractivity (Wildman–Crippen MR) is 80.2 cm³/mol. The summed E-state index contributed by atoms with van der Waals surface area (Å²) in [6, 6.07) is -0.987. The van der Waals surface area contributed by atoms with Crippen LogP contribution in [0.3, 0.4) is 0 Å². The van der Waals surface area contributed by atoms with E-state index in [1.54, 1.807) is 30.8 Å². The number of piperazine rings is 1. The van der Waals surface area contributed by atoms with E-state index in [2.05, 4.69) is 0 Å². The minimum atomic E-state index is -3.26. The lowest BCUT2D eigenvalue weighted by Crippen LogP contribution is -2.62. The molecule has 2 fully saturated rings. The highest BCUT2D eigenvalue weighted by Crippen LogP contribution is 2.27. The van der Waals surface area contributed by atoms with Gasteiger partial charge in [0.2, 0.25) is 5.91 Å². The van der Waals surface area contributed by atoms with Gasteiger partial charge in [0.15, 0.2) is 9.84 Å². The number of carbonyl (C=O) groups excluding carboxylic acids is 2. The van der Waals surface area contributed by atoms with Gasteiger partial charge in [-0.25, -0.2) is 13.2 Å². The van der Waals surface area contributed by atoms with Crippen LogP contribution in [0.25, 0.3) is 0 Å². The first kappa shape index (κ1) is 17.0. The summed E-state index contributed by atoms with van der Waals surface area (Å²) in [4.78, 5) is 29.1. The Kier molecular flexibility index (Phi) is 4.96. The van der Waals surface area contributed by atoms with Crippen molar-refractivity contribution in [2.75, 3.05) is 51.8 Å². The van der Waals surface area contributed by atoms with Gasteiger partial charge in [-0.1, -0.05) is 0 Å². The van der Waals surface area contributed by atoms with Crippen LogP contribution in [0.2, 0.25) is 0 Å². The number of hydrogen-bond acceptors (Lipinski definition) is 6. The summed E-state index contributed by atoms with van der Waals surface area (Å²) in [5.74, 6) is -0.310. The normalized spacial score (nSPS) is 26.9. The smallest absolute Gasteiger partial charge is 0.410 e. The van der Waals surface area contributed by atoms with Gasteiger partial charge in [-0.05, 0) is 21.0 Å². The molecule has 0 bridgehead atoms. The average molecular weight is 333 g/mol. The van der Waals surface area contributed by atoms with Crippen LogP contribution >= 0.6 is 0 Å². The van der Waals surface area contributed by atoms with Gasteiger partial charge in [0, 0.05) is 13.1 Å². The van der Waals surface area contributed by atoms with Gasteiger partial charge in [-0.3, -0.25) is 4.79 Å². The fourth-order valence-electron chi connectivity index (χ4n) is 3.06. The van der Waals surface area contributed by atoms with Crippen molar-refractivity contribution in [3.63, 3.8) is 0 Å². The van der Waals surface area contributed by atoms with E-state index in [1.807, 2.05) is 0 Å². The van der Waals surface area contributed by atoms with Crippen molar-refractivity contribution in [1.82, 2.24) is 14.7 Å². The maximum absolute atomic E-state index is 12.3. The molecule has 0 radical (unpaired) electrons. The largest absolute Gasteiger partial charge is 0.450 e. The lowest BCUT2D eigenvalue weighted by atomic mass is 10.1. The average Bonchev–Trinajstić information content (AvgIpc) is 2.71. The topological polar surface area (TPSA) is 87.2 Å². The maximum Gasteiger partial charge on any atom is 0.410 e. The number of nitrogens with zero attached hydrogens (tertiary/aromatic N) is 3. The molecule has 2 atom stereocenters. The first-order valence-electron chi connectivity index (χ1n) is 7.33. The monoisotopic (exact) mass is 333 g/mol. The molecular weight excluding hydrogens is 310 g/mol. The highest BCUT2D eigenvalue weighted by atomic mass is 32.2. The third-order valence-electron chi connectivity index (χ3n) is 3.95. The molecule has 0 spiro atoms. The minimum Gasteiger partial charge on any atom is -0.450 e. The van der Waals surface area contributed by atoms with Gasteiger partial charge in [-0.15, -0.1) is 0 Å². The molecule has 0 unspecified atom stereocenters. The van der Waals surface area contributed by atoms with Crippen LogP contribution in [0.5, 0.6) is 0 Å². The summed E-state index contributed by atoms with van der Waals surface area (Å²) in [7, 11) is 0.313. The standard InChI is InChI=1S/C13H23N3O5S/c1-4-21-13(18)16-6-5-15(12(17)7-14(2)3)10-8-22(19,20)9-11(10)16/h10-11H,4-9H2,1-3H3/t10-,11+/m1/s1. The Hall–Kier alpha value is -1.35. The van der Waals surface area contributed by atoms with Crippen molar-refractivity contribution < 1.29 is 22.7 Å². The van der Waals surface area contributed by atoms with Gasteiger partial charge in [0.1, 0.15) is 0 Å². The lowest BCUT2D eigenvalue weighted by molar-refractivity contribution is -0.137. The maximum atomic E-state index is 12.3. The highest BCUT2D eigenvalue weighted by Gasteiger charge is 2.49. The molecule has 2 rings (SSSR count). The number of hydrogen-bond donors (Lipinski definition) is 0. The van der Waals surface area contributed by atoms with Crippen molar-refractivity contribution in [2.24, 2.45) is 0 Å². The van der Waals surface area contributed by atoms with Crippen LogP contribution in [0.4, 0.5) is 4.79 Å². The third kappa shape index (κ3) is 3.52. The summed E-state index contributed by atoms with van der Waals surface area (Å²) in [5.41, 5.74) is 0. The Bertz CT molecular complexity index is 548. The second-order valence-corrected chi connectivity index (χ2v) is 8.08. The molecule has 0 aromatic rings. The SMILES string of the molecule is CCOC(=O)N1CCN(C(=O)CN(C)C)[C@@H]2CS(=O)(=O)C[C@@H]21. The lowest BCUT2D eigenvalue weighted by Gasteiger charge is -2.43. The number of sulfone groups is 1. The van der Waals surface area contributed by atoms with E-state index in [4.69, 9.17) is 4.74 Å². The summed E-state index contributed by atoms with van der Waals surface area (Å²) in [6.45, 7) is 2.81. The molecule has 0 aliphatic carbocycles. The summed E-state index contributed by atoms with van der Waals surface area (Å²) in [5, 5.41) is 0. The van der Waals surface area contributed by atoms with E-state index < -0.39 is 28.0 Å². The molecule has 22 heavy (non-hydrogen) atoms. The molecule has 2 amide bonds. The number of likely N-dealkylation sites (N-methyl/N-ethyl adjacent to an activating group) is 1. The molecular formula is C13H23N3O5S. The Morgan fingerprint density at radius 3 is 2.23 bits per heavy atom. The second-order valence-electron chi connectivity index (χ2n) is 5.93. The number of rotatable bonds is 3. The minimum absolute atomic E-state index is 0.0905. The van der Waals surface area contributed by atoms with Gasteiger partial charge in [-0.2, -0.15) is 0 Å². The Labute approximate surface area is 130 Å². The van der Waals surface area contributed by atoms with E-state index in [0.29, 0.717) is 13.1 Å². The van der Waals surface area contributed by atoms with Crippen LogP contribution in [0.1, 0.15) is 6.92 Å². The second kappa shape index (κ2) is 6.41. The molecule has 126 valence electrons. The quantitative estimate of drug-likeness (QED) is 0.659. The van der Waals surface area contributed by atoms with Crippen molar-refractivity contribution >= 4 is 21.8 Å². The van der Waals surface area contributed by atoms with E-state index in [1.165, 1.54) is 4.90 Å². The van der Waals surface area contributed by atoms with Crippen LogP contribution in [0, 0.1) is 0 Å². The van der Waals surface area contributed by atoms with Crippen molar-refractivity contribution in [3.05, 3.63) is 0 Å². The first-order chi connectivity index (χ1) is 10.2. The van der Waals surface area contributed by atoms with Crippen LogP contribution < -0.4 is 0 Å². The highest BCUT2D eigenvalue weighted by molar-refractivity contribution is 7.91. The first-order valence-corrected chi connectivity index (χ1v) is 9.15. The van der Waals surface area contributed by atoms with Crippen molar-refractivity contribution in [2.45, 2.75) is 19.0 Å². The van der Waals surface area contributed by atoms with E-state index in [9.17, 15) is 18.0 Å². The van der Waals surface area contributed by atoms with Gasteiger partial charge in [0.05, 0.1) is 36.7 Å². The van der Waals surface area contributed by atoms with Gasteiger partial charge in [0.25, 0.3) is 0 Å². The molecule has 8 nitrogen and oxygen atoms in total. The Balaban J connectivity index is 2.20. The summed E-state index contributed by atoms with van der Waals surface area (Å²) < 4.78 is 29.0.